The van der Waals surface area contributed by atoms with Crippen LogP contribution in [0.1, 0.15) is 41.0 Å². The van der Waals surface area contributed by atoms with E-state index in [4.69, 9.17) is 25.3 Å². The molecule has 1 aliphatic rings. The average molecular weight is 482 g/mol. The summed E-state index contributed by atoms with van der Waals surface area (Å²) in [5, 5.41) is 8.17. The van der Waals surface area contributed by atoms with Gasteiger partial charge in [0.25, 0.3) is 5.91 Å². The molecule has 3 aromatic rings. The fourth-order valence-electron chi connectivity index (χ4n) is 4.28. The molecule has 1 aliphatic heterocycles. The highest BCUT2D eigenvalue weighted by Gasteiger charge is 2.27. The van der Waals surface area contributed by atoms with Gasteiger partial charge in [0.2, 0.25) is 0 Å². The van der Waals surface area contributed by atoms with Gasteiger partial charge in [0.15, 0.2) is 5.65 Å². The number of likely N-dealkylation sites (N-methyl/N-ethyl adjacent to an activating group) is 1. The zero-order chi connectivity index (χ0) is 24.9. The van der Waals surface area contributed by atoms with Crippen LogP contribution in [0.25, 0.3) is 5.65 Å². The number of nitrogens with two attached hydrogens (primary N) is 1. The number of nitrogens with zero attached hydrogens (tertiary/aromatic N) is 5. The highest BCUT2D eigenvalue weighted by molar-refractivity contribution is 5.97. The van der Waals surface area contributed by atoms with Crippen molar-refractivity contribution in [2.45, 2.75) is 26.3 Å². The molecule has 1 aromatic carbocycles. The zero-order valence-corrected chi connectivity index (χ0v) is 21.0. The van der Waals surface area contributed by atoms with Gasteiger partial charge in [0.05, 0.1) is 30.5 Å². The smallest absolute Gasteiger partial charge is 0.257 e. The molecule has 0 radical (unpaired) electrons. The number of carbonyl (C=O) groups excluding carboxylic acids is 1. The van der Waals surface area contributed by atoms with Gasteiger partial charge in [-0.05, 0) is 25.5 Å². The molecule has 1 atom stereocenters. The third-order valence-electron chi connectivity index (χ3n) is 6.21. The highest BCUT2D eigenvalue weighted by atomic mass is 16.5. The number of hydrogen-bond acceptors (Lipinski definition) is 8. The lowest BCUT2D eigenvalue weighted by molar-refractivity contribution is 0.0711. The Morgan fingerprint density at radius 3 is 2.77 bits per heavy atom. The third-order valence-corrected chi connectivity index (χ3v) is 6.21. The second kappa shape index (κ2) is 10.9. The largest absolute Gasteiger partial charge is 0.490 e. The molecule has 0 aliphatic carbocycles. The summed E-state index contributed by atoms with van der Waals surface area (Å²) >= 11 is 0. The number of amides is 1. The van der Waals surface area contributed by atoms with Crippen molar-refractivity contribution < 1.29 is 14.3 Å². The molecule has 0 spiro atoms. The minimum absolute atomic E-state index is 0.115. The molecule has 3 N–H and O–H groups in total. The first kappa shape index (κ1) is 24.7. The summed E-state index contributed by atoms with van der Waals surface area (Å²) in [5.41, 5.74) is 8.69. The normalized spacial score (nSPS) is 17.5. The van der Waals surface area contributed by atoms with Gasteiger partial charge in [-0.15, -0.1) is 0 Å². The number of aryl methyl sites for hydroxylation is 1. The van der Waals surface area contributed by atoms with Crippen LogP contribution in [0.2, 0.25) is 0 Å². The summed E-state index contributed by atoms with van der Waals surface area (Å²) in [6, 6.07) is 9.35. The number of ether oxygens (including phenoxy) is 2. The minimum atomic E-state index is -0.229. The Morgan fingerprint density at radius 1 is 1.17 bits per heavy atom. The van der Waals surface area contributed by atoms with Gasteiger partial charge in [-0.1, -0.05) is 18.6 Å². The van der Waals surface area contributed by atoms with Crippen molar-refractivity contribution in [1.29, 1.82) is 0 Å². The van der Waals surface area contributed by atoms with Crippen molar-refractivity contribution in [2.75, 3.05) is 63.8 Å². The number of fused-ring (bicyclic) bond motifs is 2. The minimum Gasteiger partial charge on any atom is -0.490 e. The van der Waals surface area contributed by atoms with Crippen molar-refractivity contribution in [1.82, 2.24) is 19.5 Å². The molecule has 188 valence electrons. The maximum atomic E-state index is 13.6. The Bertz CT molecular complexity index is 1180. The van der Waals surface area contributed by atoms with E-state index in [1.54, 1.807) is 4.90 Å². The number of rotatable bonds is 4. The molecule has 0 fully saturated rings. The lowest BCUT2D eigenvalue weighted by Gasteiger charge is -2.27. The topological polar surface area (TPSA) is 110 Å². The predicted octanol–water partition coefficient (Wildman–Crippen LogP) is 2.48. The van der Waals surface area contributed by atoms with Gasteiger partial charge in [-0.3, -0.25) is 4.79 Å². The maximum Gasteiger partial charge on any atom is 0.257 e. The molecule has 1 amide bonds. The van der Waals surface area contributed by atoms with Gasteiger partial charge in [-0.2, -0.15) is 9.61 Å². The summed E-state index contributed by atoms with van der Waals surface area (Å²) < 4.78 is 13.6. The van der Waals surface area contributed by atoms with E-state index in [0.717, 1.165) is 22.9 Å². The Labute approximate surface area is 206 Å². The van der Waals surface area contributed by atoms with E-state index < -0.39 is 0 Å². The van der Waals surface area contributed by atoms with Gasteiger partial charge in [0, 0.05) is 45.9 Å². The lowest BCUT2D eigenvalue weighted by Crippen LogP contribution is -2.32. The summed E-state index contributed by atoms with van der Waals surface area (Å²) in [4.78, 5) is 22.2. The molecular weight excluding hydrogens is 446 g/mol. The summed E-state index contributed by atoms with van der Waals surface area (Å²) in [6.45, 7) is 7.10. The Kier molecular flexibility index (Phi) is 7.72. The van der Waals surface area contributed by atoms with Crippen LogP contribution in [0, 0.1) is 6.92 Å². The van der Waals surface area contributed by atoms with Crippen LogP contribution < -0.4 is 20.7 Å². The summed E-state index contributed by atoms with van der Waals surface area (Å²) in [6.07, 6.45) is 0.700. The fourth-order valence-corrected chi connectivity index (χ4v) is 4.28. The molecule has 2 aromatic heterocycles. The zero-order valence-electron chi connectivity index (χ0n) is 21.0. The molecule has 3 heterocycles. The molecule has 2 bridgehead atoms. The first-order valence-corrected chi connectivity index (χ1v) is 12.1. The highest BCUT2D eigenvalue weighted by Crippen LogP contribution is 2.30. The fraction of sp³-hybridized carbons (Fsp3) is 0.480. The van der Waals surface area contributed by atoms with Crippen LogP contribution in [-0.4, -0.2) is 79.0 Å². The van der Waals surface area contributed by atoms with Crippen molar-refractivity contribution in [3.63, 3.8) is 0 Å². The van der Waals surface area contributed by atoms with Crippen LogP contribution in [0.3, 0.4) is 0 Å². The van der Waals surface area contributed by atoms with Crippen LogP contribution in [0.4, 0.5) is 11.6 Å². The van der Waals surface area contributed by atoms with E-state index in [9.17, 15) is 4.79 Å². The molecule has 10 heteroatoms. The van der Waals surface area contributed by atoms with Crippen LogP contribution >= 0.6 is 0 Å². The molecule has 35 heavy (non-hydrogen) atoms. The van der Waals surface area contributed by atoms with Gasteiger partial charge in [-0.25, -0.2) is 4.98 Å². The van der Waals surface area contributed by atoms with Gasteiger partial charge in [0.1, 0.15) is 24.0 Å². The first-order valence-electron chi connectivity index (χ1n) is 12.1. The van der Waals surface area contributed by atoms with Crippen molar-refractivity contribution >= 4 is 23.2 Å². The average Bonchev–Trinajstić information content (AvgIpc) is 3.27. The number of benzene rings is 1. The van der Waals surface area contributed by atoms with E-state index in [-0.39, 0.29) is 11.9 Å². The Morgan fingerprint density at radius 2 is 2.00 bits per heavy atom. The van der Waals surface area contributed by atoms with Gasteiger partial charge >= 0.3 is 0 Å². The summed E-state index contributed by atoms with van der Waals surface area (Å²) in [7, 11) is 3.81. The van der Waals surface area contributed by atoms with E-state index >= 15 is 0 Å². The number of anilines is 2. The second-order valence-corrected chi connectivity index (χ2v) is 8.78. The van der Waals surface area contributed by atoms with E-state index in [2.05, 4.69) is 17.1 Å². The number of nitrogens with one attached hydrogen (secondary N) is 1. The first-order chi connectivity index (χ1) is 16.9. The predicted molar refractivity (Wildman–Crippen MR) is 136 cm³/mol. The molecule has 0 saturated heterocycles. The molecule has 1 unspecified atom stereocenters. The van der Waals surface area contributed by atoms with Crippen LogP contribution in [0.5, 0.6) is 5.75 Å². The Balaban J connectivity index is 1.80. The van der Waals surface area contributed by atoms with Crippen LogP contribution in [0.15, 0.2) is 30.3 Å². The molecule has 4 rings (SSSR count). The monoisotopic (exact) mass is 481 g/mol. The number of carbonyl (C=O) groups is 1. The molecule has 0 saturated carbocycles. The molecular formula is C25H35N7O3. The Hall–Kier alpha value is -3.37. The third kappa shape index (κ3) is 5.33. The van der Waals surface area contributed by atoms with E-state index in [0.29, 0.717) is 62.8 Å². The molecule has 10 nitrogen and oxygen atoms in total. The van der Waals surface area contributed by atoms with Crippen LogP contribution in [-0.2, 0) is 4.74 Å². The van der Waals surface area contributed by atoms with Crippen molar-refractivity contribution in [2.24, 2.45) is 5.73 Å². The number of aromatic nitrogens is 3. The maximum absolute atomic E-state index is 13.6. The number of hydrogen-bond donors (Lipinski definition) is 2. The van der Waals surface area contributed by atoms with E-state index in [1.807, 2.05) is 55.9 Å². The van der Waals surface area contributed by atoms with Crippen molar-refractivity contribution in [3.05, 3.63) is 47.2 Å². The van der Waals surface area contributed by atoms with Crippen molar-refractivity contribution in [3.8, 4) is 5.75 Å². The second-order valence-electron chi connectivity index (χ2n) is 8.78. The van der Waals surface area contributed by atoms with E-state index in [1.165, 1.54) is 0 Å². The SMILES string of the molecule is CCC1c2cc3nc(NCCN)cc(n3n2)N(C)CCOCCOc2ccc(C)cc2C(=O)N1C. The standard InChI is InChI=1S/C25H35N7O3/c1-5-20-19-15-23-28-22(27-9-8-26)16-24(32(23)29-19)30(3)10-11-34-12-13-35-21-7-6-17(2)14-18(21)25(33)31(20)4/h6-7,14-16,20H,5,8-13,26H2,1-4H3,(H,27,28). The summed E-state index contributed by atoms with van der Waals surface area (Å²) in [5.74, 6) is 2.05. The van der Waals surface area contributed by atoms with Gasteiger partial charge < -0.3 is 30.3 Å². The quantitative estimate of drug-likeness (QED) is 0.585. The lowest BCUT2D eigenvalue weighted by atomic mass is 10.1.